The topological polar surface area (TPSA) is 66.9 Å². The Bertz CT molecular complexity index is 989. The maximum atomic E-state index is 9.37. The van der Waals surface area contributed by atoms with Crippen LogP contribution in [0, 0.1) is 18.3 Å². The van der Waals surface area contributed by atoms with Crippen LogP contribution in [0.15, 0.2) is 36.5 Å². The van der Waals surface area contributed by atoms with Crippen molar-refractivity contribution in [3.63, 3.8) is 0 Å². The summed E-state index contributed by atoms with van der Waals surface area (Å²) in [4.78, 5) is 8.90. The molecule has 3 heterocycles. The third-order valence-corrected chi connectivity index (χ3v) is 4.27. The summed E-state index contributed by atoms with van der Waals surface area (Å²) in [5, 5.41) is 14.6. The maximum Gasteiger partial charge on any atom is 0.156 e. The first-order valence-electron chi connectivity index (χ1n) is 6.38. The summed E-state index contributed by atoms with van der Waals surface area (Å²) in [5.74, 6) is 0. The maximum absolute atomic E-state index is 9.37. The van der Waals surface area contributed by atoms with Crippen LogP contribution < -0.4 is 0 Å². The van der Waals surface area contributed by atoms with Crippen molar-refractivity contribution in [3.8, 4) is 16.8 Å². The van der Waals surface area contributed by atoms with Gasteiger partial charge in [-0.1, -0.05) is 12.1 Å². The number of rotatable bonds is 1. The second-order valence-electron chi connectivity index (χ2n) is 4.67. The Labute approximate surface area is 124 Å². The fourth-order valence-electron chi connectivity index (χ4n) is 2.31. The van der Waals surface area contributed by atoms with Gasteiger partial charge in [-0.25, -0.2) is 14.5 Å². The first-order chi connectivity index (χ1) is 10.3. The molecule has 6 heteroatoms. The molecule has 0 radical (unpaired) electrons. The zero-order valence-corrected chi connectivity index (χ0v) is 11.9. The average Bonchev–Trinajstić information content (AvgIpc) is 3.07. The van der Waals surface area contributed by atoms with Gasteiger partial charge in [0.15, 0.2) is 5.65 Å². The summed E-state index contributed by atoms with van der Waals surface area (Å²) in [5.41, 5.74) is 3.69. The predicted octanol–water partition coefficient (Wildman–Crippen LogP) is 3.19. The first kappa shape index (κ1) is 12.0. The van der Waals surface area contributed by atoms with E-state index in [4.69, 9.17) is 0 Å². The monoisotopic (exact) mass is 291 g/mol. The van der Waals surface area contributed by atoms with E-state index in [9.17, 15) is 5.26 Å². The van der Waals surface area contributed by atoms with Gasteiger partial charge in [0.05, 0.1) is 21.5 Å². The highest BCUT2D eigenvalue weighted by Crippen LogP contribution is 2.31. The Morgan fingerprint density at radius 2 is 2.14 bits per heavy atom. The quantitative estimate of drug-likeness (QED) is 0.540. The molecule has 0 spiro atoms. The lowest BCUT2D eigenvalue weighted by molar-refractivity contribution is 0.920. The summed E-state index contributed by atoms with van der Waals surface area (Å²) in [6, 6.07) is 12.0. The van der Waals surface area contributed by atoms with E-state index in [1.165, 1.54) is 0 Å². The summed E-state index contributed by atoms with van der Waals surface area (Å²) >= 11 is 1.55. The van der Waals surface area contributed by atoms with Crippen LogP contribution in [-0.4, -0.2) is 19.6 Å². The van der Waals surface area contributed by atoms with Crippen LogP contribution >= 0.6 is 11.3 Å². The number of para-hydroxylation sites is 1. The Balaban J connectivity index is 2.10. The zero-order valence-electron chi connectivity index (χ0n) is 11.1. The fraction of sp³-hybridized carbons (Fsp3) is 0.0667. The minimum Gasteiger partial charge on any atom is -0.236 e. The fourth-order valence-corrected chi connectivity index (χ4v) is 3.32. The molecule has 4 aromatic rings. The zero-order chi connectivity index (χ0) is 14.4. The number of benzene rings is 1. The third kappa shape index (κ3) is 1.79. The van der Waals surface area contributed by atoms with Crippen LogP contribution in [0.4, 0.5) is 0 Å². The first-order valence-corrected chi connectivity index (χ1v) is 7.19. The summed E-state index contributed by atoms with van der Waals surface area (Å²) in [6.07, 6.45) is 1.58. The van der Waals surface area contributed by atoms with Crippen molar-refractivity contribution in [2.24, 2.45) is 0 Å². The van der Waals surface area contributed by atoms with E-state index in [0.717, 1.165) is 26.6 Å². The van der Waals surface area contributed by atoms with Gasteiger partial charge in [-0.05, 0) is 19.1 Å². The number of aromatic nitrogens is 4. The van der Waals surface area contributed by atoms with Crippen LogP contribution in [0.2, 0.25) is 0 Å². The van der Waals surface area contributed by atoms with E-state index in [0.29, 0.717) is 11.3 Å². The van der Waals surface area contributed by atoms with E-state index in [1.807, 2.05) is 37.3 Å². The standard InChI is InChI=1S/C15H9N5S/c1-9-6-13-17-8-10(7-16)14(20(13)19-9)15-18-11-4-2-3-5-12(11)21-15/h2-6,8H,1H3. The largest absolute Gasteiger partial charge is 0.236 e. The minimum atomic E-state index is 0.477. The normalized spacial score (nSPS) is 11.0. The lowest BCUT2D eigenvalue weighted by Crippen LogP contribution is -1.99. The second kappa shape index (κ2) is 4.36. The second-order valence-corrected chi connectivity index (χ2v) is 5.71. The highest BCUT2D eigenvalue weighted by atomic mass is 32.1. The number of aryl methyl sites for hydroxylation is 1. The number of fused-ring (bicyclic) bond motifs is 2. The summed E-state index contributed by atoms with van der Waals surface area (Å²) in [6.45, 7) is 1.91. The van der Waals surface area contributed by atoms with Crippen LogP contribution in [0.3, 0.4) is 0 Å². The molecule has 4 rings (SSSR count). The number of hydrogen-bond acceptors (Lipinski definition) is 5. The van der Waals surface area contributed by atoms with Gasteiger partial charge in [0.25, 0.3) is 0 Å². The van der Waals surface area contributed by atoms with Crippen LogP contribution in [0.5, 0.6) is 0 Å². The molecule has 0 N–H and O–H groups in total. The van der Waals surface area contributed by atoms with Crippen LogP contribution in [-0.2, 0) is 0 Å². The Morgan fingerprint density at radius 1 is 1.29 bits per heavy atom. The average molecular weight is 291 g/mol. The van der Waals surface area contributed by atoms with Gasteiger partial charge in [-0.3, -0.25) is 0 Å². The number of nitriles is 1. The minimum absolute atomic E-state index is 0.477. The lowest BCUT2D eigenvalue weighted by Gasteiger charge is -2.02. The van der Waals surface area contributed by atoms with Gasteiger partial charge >= 0.3 is 0 Å². The molecule has 0 saturated carbocycles. The van der Waals surface area contributed by atoms with Crippen molar-refractivity contribution in [1.29, 1.82) is 5.26 Å². The van der Waals surface area contributed by atoms with Gasteiger partial charge < -0.3 is 0 Å². The lowest BCUT2D eigenvalue weighted by atomic mass is 10.2. The SMILES string of the molecule is Cc1cc2ncc(C#N)c(-c3nc4ccccc4s3)n2n1. The van der Waals surface area contributed by atoms with Crippen LogP contribution in [0.1, 0.15) is 11.3 Å². The molecule has 0 bridgehead atoms. The summed E-state index contributed by atoms with van der Waals surface area (Å²) in [7, 11) is 0. The smallest absolute Gasteiger partial charge is 0.156 e. The Kier molecular flexibility index (Phi) is 2.49. The van der Waals surface area contributed by atoms with Gasteiger partial charge in [-0.15, -0.1) is 11.3 Å². The molecule has 5 nitrogen and oxygen atoms in total. The Hall–Kier alpha value is -2.78. The highest BCUT2D eigenvalue weighted by molar-refractivity contribution is 7.21. The molecule has 0 aliphatic rings. The molecular formula is C15H9N5S. The van der Waals surface area contributed by atoms with Gasteiger partial charge in [0, 0.05) is 12.3 Å². The third-order valence-electron chi connectivity index (χ3n) is 3.22. The van der Waals surface area contributed by atoms with Crippen molar-refractivity contribution in [2.75, 3.05) is 0 Å². The van der Waals surface area contributed by atoms with Crippen molar-refractivity contribution < 1.29 is 0 Å². The molecule has 0 fully saturated rings. The van der Waals surface area contributed by atoms with Crippen molar-refractivity contribution in [3.05, 3.63) is 47.8 Å². The molecule has 0 atom stereocenters. The Morgan fingerprint density at radius 3 is 2.95 bits per heavy atom. The van der Waals surface area contributed by atoms with E-state index in [1.54, 1.807) is 22.0 Å². The number of hydrogen-bond donors (Lipinski definition) is 0. The molecule has 0 aliphatic heterocycles. The van der Waals surface area contributed by atoms with Crippen molar-refractivity contribution in [1.82, 2.24) is 19.6 Å². The number of thiazole rings is 1. The van der Waals surface area contributed by atoms with E-state index in [-0.39, 0.29) is 0 Å². The van der Waals surface area contributed by atoms with E-state index in [2.05, 4.69) is 21.1 Å². The number of nitrogens with zero attached hydrogens (tertiary/aromatic N) is 5. The highest BCUT2D eigenvalue weighted by Gasteiger charge is 2.16. The molecule has 21 heavy (non-hydrogen) atoms. The molecule has 0 aliphatic carbocycles. The molecular weight excluding hydrogens is 282 g/mol. The van der Waals surface area contributed by atoms with Gasteiger partial charge in [0.2, 0.25) is 0 Å². The molecule has 0 amide bonds. The summed E-state index contributed by atoms with van der Waals surface area (Å²) < 4.78 is 2.79. The molecule has 1 aromatic carbocycles. The van der Waals surface area contributed by atoms with Gasteiger partial charge in [-0.2, -0.15) is 10.4 Å². The van der Waals surface area contributed by atoms with Crippen molar-refractivity contribution >= 4 is 27.2 Å². The van der Waals surface area contributed by atoms with E-state index >= 15 is 0 Å². The van der Waals surface area contributed by atoms with Crippen molar-refractivity contribution in [2.45, 2.75) is 6.92 Å². The van der Waals surface area contributed by atoms with Crippen LogP contribution in [0.25, 0.3) is 26.6 Å². The molecule has 0 saturated heterocycles. The molecule has 100 valence electrons. The molecule has 0 unspecified atom stereocenters. The molecule has 3 aromatic heterocycles. The van der Waals surface area contributed by atoms with Gasteiger partial charge in [0.1, 0.15) is 16.8 Å². The van der Waals surface area contributed by atoms with E-state index < -0.39 is 0 Å². The predicted molar refractivity (Wildman–Crippen MR) is 81.1 cm³/mol.